The molecule has 0 saturated carbocycles. The van der Waals surface area contributed by atoms with E-state index in [1.54, 1.807) is 0 Å². The fourth-order valence-electron chi connectivity index (χ4n) is 3.84. The summed E-state index contributed by atoms with van der Waals surface area (Å²) >= 11 is 5.50. The third-order valence-electron chi connectivity index (χ3n) is 4.80. The number of hydrogen-bond donors (Lipinski definition) is 1. The maximum Gasteiger partial charge on any atom is 0.199 e. The quantitative estimate of drug-likeness (QED) is 0.862. The van der Waals surface area contributed by atoms with Crippen molar-refractivity contribution in [2.45, 2.75) is 51.2 Å². The summed E-state index contributed by atoms with van der Waals surface area (Å²) in [6.07, 6.45) is 4.12. The van der Waals surface area contributed by atoms with Crippen molar-refractivity contribution >= 4 is 12.2 Å². The number of H-pyrrole nitrogens is 1. The average molecular weight is 301 g/mol. The van der Waals surface area contributed by atoms with Gasteiger partial charge in [-0.3, -0.25) is 9.67 Å². The van der Waals surface area contributed by atoms with Crippen LogP contribution >= 0.6 is 12.2 Å². The molecule has 2 aromatic rings. The van der Waals surface area contributed by atoms with Crippen LogP contribution in [0.5, 0.6) is 0 Å². The van der Waals surface area contributed by atoms with Crippen molar-refractivity contribution in [3.63, 3.8) is 0 Å². The molecule has 0 aliphatic carbocycles. The molecule has 1 aromatic heterocycles. The molecular weight excluding hydrogens is 282 g/mol. The number of para-hydroxylation sites is 1. The number of aromatic nitrogens is 3. The summed E-state index contributed by atoms with van der Waals surface area (Å²) in [5.74, 6) is 1.39. The van der Waals surface area contributed by atoms with E-state index in [2.05, 4.69) is 46.8 Å². The van der Waals surface area contributed by atoms with Crippen LogP contribution in [0, 0.1) is 18.6 Å². The number of nitrogens with zero attached hydrogens (tertiary/aromatic N) is 2. The highest BCUT2D eigenvalue weighted by Crippen LogP contribution is 2.44. The van der Waals surface area contributed by atoms with Gasteiger partial charge < -0.3 is 4.74 Å². The van der Waals surface area contributed by atoms with Gasteiger partial charge in [-0.15, -0.1) is 0 Å². The molecule has 2 aliphatic heterocycles. The Kier molecular flexibility index (Phi) is 3.01. The molecule has 3 atom stereocenters. The number of benzene rings is 1. The van der Waals surface area contributed by atoms with Crippen molar-refractivity contribution < 1.29 is 4.74 Å². The minimum absolute atomic E-state index is 0.309. The van der Waals surface area contributed by atoms with Crippen LogP contribution in [0.15, 0.2) is 18.2 Å². The highest BCUT2D eigenvalue weighted by Gasteiger charge is 2.43. The van der Waals surface area contributed by atoms with Gasteiger partial charge in [-0.2, -0.15) is 5.10 Å². The van der Waals surface area contributed by atoms with Crippen molar-refractivity contribution in [3.8, 4) is 5.69 Å². The van der Waals surface area contributed by atoms with E-state index < -0.39 is 0 Å². The molecule has 4 rings (SSSR count). The SMILES string of the molecule is Cc1cccc(C)c1-n1c([C@H]2C[C@H]3CC[C@@H]2O3)n[nH]c1=S. The molecular formula is C16H19N3OS. The second-order valence-corrected chi connectivity index (χ2v) is 6.57. The fourth-order valence-corrected chi connectivity index (χ4v) is 4.07. The van der Waals surface area contributed by atoms with Crippen LogP contribution in [0.4, 0.5) is 0 Å². The zero-order chi connectivity index (χ0) is 14.6. The first-order chi connectivity index (χ1) is 10.1. The Morgan fingerprint density at radius 3 is 2.67 bits per heavy atom. The van der Waals surface area contributed by atoms with Crippen LogP contribution in [-0.4, -0.2) is 27.0 Å². The van der Waals surface area contributed by atoms with E-state index in [9.17, 15) is 0 Å². The van der Waals surface area contributed by atoms with Crippen molar-refractivity contribution in [1.82, 2.24) is 14.8 Å². The average Bonchev–Trinajstić information content (AvgIpc) is 3.15. The van der Waals surface area contributed by atoms with Gasteiger partial charge in [0.1, 0.15) is 5.82 Å². The molecule has 3 heterocycles. The lowest BCUT2D eigenvalue weighted by molar-refractivity contribution is 0.0997. The molecule has 0 spiro atoms. The van der Waals surface area contributed by atoms with E-state index in [0.717, 1.165) is 24.4 Å². The zero-order valence-corrected chi connectivity index (χ0v) is 13.1. The van der Waals surface area contributed by atoms with Crippen LogP contribution in [0.1, 0.15) is 42.1 Å². The van der Waals surface area contributed by atoms with Crippen LogP contribution in [0.2, 0.25) is 0 Å². The number of aryl methyl sites for hydroxylation is 2. The van der Waals surface area contributed by atoms with Crippen molar-refractivity contribution in [2.75, 3.05) is 0 Å². The molecule has 4 nitrogen and oxygen atoms in total. The summed E-state index contributed by atoms with van der Waals surface area (Å²) in [5, 5.41) is 7.53. The van der Waals surface area contributed by atoms with E-state index in [4.69, 9.17) is 17.0 Å². The minimum atomic E-state index is 0.309. The summed E-state index contributed by atoms with van der Waals surface area (Å²) in [5.41, 5.74) is 3.60. The maximum absolute atomic E-state index is 6.00. The van der Waals surface area contributed by atoms with Gasteiger partial charge in [0.2, 0.25) is 0 Å². The number of nitrogens with one attached hydrogen (secondary N) is 1. The maximum atomic E-state index is 6.00. The Morgan fingerprint density at radius 2 is 2.05 bits per heavy atom. The van der Waals surface area contributed by atoms with E-state index in [-0.39, 0.29) is 0 Å². The largest absolute Gasteiger partial charge is 0.374 e. The molecule has 110 valence electrons. The fraction of sp³-hybridized carbons (Fsp3) is 0.500. The Labute approximate surface area is 129 Å². The lowest BCUT2D eigenvalue weighted by Crippen LogP contribution is -2.19. The van der Waals surface area contributed by atoms with Crippen LogP contribution in [0.3, 0.4) is 0 Å². The Bertz CT molecular complexity index is 728. The summed E-state index contributed by atoms with van der Waals surface area (Å²) < 4.78 is 8.79. The van der Waals surface area contributed by atoms with E-state index >= 15 is 0 Å². The second-order valence-electron chi connectivity index (χ2n) is 6.18. The monoisotopic (exact) mass is 301 g/mol. The predicted octanol–water partition coefficient (Wildman–Crippen LogP) is 3.58. The Morgan fingerprint density at radius 1 is 1.29 bits per heavy atom. The molecule has 21 heavy (non-hydrogen) atoms. The second kappa shape index (κ2) is 4.78. The number of hydrogen-bond acceptors (Lipinski definition) is 3. The Hall–Kier alpha value is -1.46. The number of aromatic amines is 1. The molecule has 2 bridgehead atoms. The predicted molar refractivity (Wildman–Crippen MR) is 83.5 cm³/mol. The normalized spacial score (nSPS) is 27.4. The lowest BCUT2D eigenvalue weighted by atomic mass is 9.88. The van der Waals surface area contributed by atoms with Gasteiger partial charge in [0.15, 0.2) is 4.77 Å². The third-order valence-corrected chi connectivity index (χ3v) is 5.07. The van der Waals surface area contributed by atoms with Gasteiger partial charge in [-0.1, -0.05) is 18.2 Å². The van der Waals surface area contributed by atoms with Crippen molar-refractivity contribution in [2.24, 2.45) is 0 Å². The molecule has 2 fully saturated rings. The lowest BCUT2D eigenvalue weighted by Gasteiger charge is -2.20. The molecule has 2 saturated heterocycles. The molecule has 1 aromatic carbocycles. The summed E-state index contributed by atoms with van der Waals surface area (Å²) in [4.78, 5) is 0. The van der Waals surface area contributed by atoms with E-state index in [1.165, 1.54) is 17.5 Å². The molecule has 0 radical (unpaired) electrons. The molecule has 2 aliphatic rings. The van der Waals surface area contributed by atoms with Gasteiger partial charge in [0.05, 0.1) is 17.9 Å². The van der Waals surface area contributed by atoms with Crippen LogP contribution in [0.25, 0.3) is 5.69 Å². The van der Waals surface area contributed by atoms with Crippen LogP contribution < -0.4 is 0 Å². The van der Waals surface area contributed by atoms with Gasteiger partial charge in [0, 0.05) is 5.92 Å². The van der Waals surface area contributed by atoms with E-state index in [0.29, 0.717) is 22.9 Å². The number of fused-ring (bicyclic) bond motifs is 2. The first-order valence-corrected chi connectivity index (χ1v) is 7.95. The molecule has 0 unspecified atom stereocenters. The first kappa shape index (κ1) is 13.2. The third kappa shape index (κ3) is 1.99. The highest BCUT2D eigenvalue weighted by atomic mass is 32.1. The van der Waals surface area contributed by atoms with Crippen LogP contribution in [-0.2, 0) is 4.74 Å². The van der Waals surface area contributed by atoms with Crippen molar-refractivity contribution in [3.05, 3.63) is 39.9 Å². The summed E-state index contributed by atoms with van der Waals surface area (Å²) in [6, 6.07) is 6.33. The molecule has 1 N–H and O–H groups in total. The topological polar surface area (TPSA) is 42.8 Å². The highest BCUT2D eigenvalue weighted by molar-refractivity contribution is 7.71. The molecule has 5 heteroatoms. The van der Waals surface area contributed by atoms with Gasteiger partial charge in [-0.25, -0.2) is 0 Å². The molecule has 0 amide bonds. The van der Waals surface area contributed by atoms with Gasteiger partial charge in [0.25, 0.3) is 0 Å². The Balaban J connectivity index is 1.87. The standard InChI is InChI=1S/C16H19N3OS/c1-9-4-3-5-10(2)14(9)19-15(17-18-16(19)21)12-8-11-6-7-13(12)20-11/h3-5,11-13H,6-8H2,1-2H3,(H,18,21)/t11-,12+,13+/m1/s1. The van der Waals surface area contributed by atoms with Crippen molar-refractivity contribution in [1.29, 1.82) is 0 Å². The number of rotatable bonds is 2. The number of ether oxygens (including phenoxy) is 1. The van der Waals surface area contributed by atoms with Gasteiger partial charge >= 0.3 is 0 Å². The zero-order valence-electron chi connectivity index (χ0n) is 12.3. The first-order valence-electron chi connectivity index (χ1n) is 7.54. The smallest absolute Gasteiger partial charge is 0.199 e. The summed E-state index contributed by atoms with van der Waals surface area (Å²) in [6.45, 7) is 4.25. The minimum Gasteiger partial charge on any atom is -0.374 e. The van der Waals surface area contributed by atoms with Gasteiger partial charge in [-0.05, 0) is 56.5 Å². The summed E-state index contributed by atoms with van der Waals surface area (Å²) in [7, 11) is 0. The van der Waals surface area contributed by atoms with E-state index in [1.807, 2.05) is 0 Å².